The second-order valence-electron chi connectivity index (χ2n) is 9.86. The van der Waals surface area contributed by atoms with Crippen LogP contribution in [0, 0.1) is 0 Å². The number of benzene rings is 1. The Kier molecular flexibility index (Phi) is 7.68. The van der Waals surface area contributed by atoms with Gasteiger partial charge in [-0.15, -0.1) is 11.8 Å². The van der Waals surface area contributed by atoms with Crippen molar-refractivity contribution in [2.75, 3.05) is 11.5 Å². The normalized spacial score (nSPS) is 16.3. The number of nitrogens with zero attached hydrogens (tertiary/aromatic N) is 1. The van der Waals surface area contributed by atoms with Crippen LogP contribution in [0.4, 0.5) is 11.4 Å². The van der Waals surface area contributed by atoms with E-state index in [1.165, 1.54) is 37.7 Å². The molecule has 1 aliphatic carbocycles. The van der Waals surface area contributed by atoms with Crippen LogP contribution in [-0.2, 0) is 16.6 Å². The molecule has 5 heteroatoms. The molecule has 1 fully saturated rings. The number of anilines is 2. The molecule has 1 aromatic carbocycles. The topological polar surface area (TPSA) is 82.0 Å². The maximum Gasteiger partial charge on any atom is 0.140 e. The molecule has 0 bridgehead atoms. The van der Waals surface area contributed by atoms with Crippen molar-refractivity contribution in [3.8, 4) is 0 Å². The highest BCUT2D eigenvalue weighted by atomic mass is 32.2. The van der Waals surface area contributed by atoms with Crippen molar-refractivity contribution in [1.82, 2.24) is 4.98 Å². The van der Waals surface area contributed by atoms with E-state index in [2.05, 4.69) is 32.9 Å². The number of carbonyl (C=O) groups excluding carboxylic acids is 1. The summed E-state index contributed by atoms with van der Waals surface area (Å²) in [5, 5.41) is 1.76. The average Bonchev–Trinajstić information content (AvgIpc) is 2.74. The van der Waals surface area contributed by atoms with Crippen molar-refractivity contribution in [3.05, 3.63) is 47.2 Å². The van der Waals surface area contributed by atoms with Crippen molar-refractivity contribution in [2.24, 2.45) is 0 Å². The number of aryl methyl sites for hydroxylation is 1. The highest BCUT2D eigenvalue weighted by Gasteiger charge is 2.22. The molecule has 2 aromatic rings. The van der Waals surface area contributed by atoms with Crippen LogP contribution in [0.3, 0.4) is 0 Å². The molecule has 1 aliphatic rings. The van der Waals surface area contributed by atoms with E-state index in [1.807, 2.05) is 30.8 Å². The van der Waals surface area contributed by atoms with Crippen molar-refractivity contribution in [1.29, 1.82) is 0 Å². The third kappa shape index (κ3) is 6.25. The summed E-state index contributed by atoms with van der Waals surface area (Å²) in [6.07, 6.45) is 7.72. The summed E-state index contributed by atoms with van der Waals surface area (Å²) in [6, 6.07) is 9.83. The van der Waals surface area contributed by atoms with E-state index in [1.54, 1.807) is 6.07 Å². The van der Waals surface area contributed by atoms with Gasteiger partial charge in [0.05, 0.1) is 16.4 Å². The third-order valence-corrected chi connectivity index (χ3v) is 7.65. The van der Waals surface area contributed by atoms with Gasteiger partial charge >= 0.3 is 0 Å². The molecular formula is C26H37N3OS. The van der Waals surface area contributed by atoms with Crippen LogP contribution in [0.2, 0.25) is 0 Å². The van der Waals surface area contributed by atoms with Gasteiger partial charge in [-0.05, 0) is 48.6 Å². The van der Waals surface area contributed by atoms with E-state index < -0.39 is 0 Å². The molecule has 0 spiro atoms. The summed E-state index contributed by atoms with van der Waals surface area (Å²) in [5.74, 6) is 0.0249. The maximum atomic E-state index is 12.9. The van der Waals surface area contributed by atoms with Crippen LogP contribution < -0.4 is 11.5 Å². The van der Waals surface area contributed by atoms with Gasteiger partial charge in [-0.3, -0.25) is 4.79 Å². The number of rotatable bonds is 7. The third-order valence-electron chi connectivity index (χ3n) is 6.27. The molecule has 1 aromatic heterocycles. The van der Waals surface area contributed by atoms with Gasteiger partial charge < -0.3 is 11.5 Å². The quantitative estimate of drug-likeness (QED) is 0.497. The summed E-state index contributed by atoms with van der Waals surface area (Å²) in [4.78, 5) is 18.0. The molecule has 1 heterocycles. The Bertz CT molecular complexity index is 913. The minimum Gasteiger partial charge on any atom is -0.397 e. The first kappa shape index (κ1) is 23.6. The van der Waals surface area contributed by atoms with Crippen molar-refractivity contribution >= 4 is 28.9 Å². The molecule has 1 saturated carbocycles. The lowest BCUT2D eigenvalue weighted by Gasteiger charge is -2.24. The number of carbonyl (C=O) groups is 1. The molecular weight excluding hydrogens is 402 g/mol. The van der Waals surface area contributed by atoms with E-state index in [0.717, 1.165) is 22.7 Å². The molecule has 3 rings (SSSR count). The lowest BCUT2D eigenvalue weighted by molar-refractivity contribution is -0.120. The molecule has 0 radical (unpaired) electrons. The molecule has 168 valence electrons. The molecule has 0 amide bonds. The predicted molar refractivity (Wildman–Crippen MR) is 133 cm³/mol. The Morgan fingerprint density at radius 1 is 1.10 bits per heavy atom. The Morgan fingerprint density at radius 2 is 1.81 bits per heavy atom. The maximum absolute atomic E-state index is 12.9. The standard InChI is InChI=1S/C26H37N3OS/c1-17(19-10-13-21(27)22(28)16-19)23(30)14-11-18-12-15-24(26(2,3)4)29-25(18)31-20-8-6-5-7-9-20/h10,12-13,15-17,20H,5-9,11,14,27-28H2,1-4H3. The van der Waals surface area contributed by atoms with Crippen molar-refractivity contribution < 1.29 is 4.79 Å². The zero-order chi connectivity index (χ0) is 22.6. The van der Waals surface area contributed by atoms with Gasteiger partial charge in [0.25, 0.3) is 0 Å². The number of nitrogens with two attached hydrogens (primary N) is 2. The first-order chi connectivity index (χ1) is 14.6. The Balaban J connectivity index is 1.74. The fourth-order valence-electron chi connectivity index (χ4n) is 4.04. The molecule has 0 aliphatic heterocycles. The zero-order valence-corrected chi connectivity index (χ0v) is 20.2. The molecule has 31 heavy (non-hydrogen) atoms. The largest absolute Gasteiger partial charge is 0.397 e. The number of Topliss-reactive ketones (excluding diaryl/α,β-unsaturated/α-hetero) is 1. The predicted octanol–water partition coefficient (Wildman–Crippen LogP) is 6.27. The van der Waals surface area contributed by atoms with Crippen molar-refractivity contribution in [2.45, 2.75) is 94.2 Å². The van der Waals surface area contributed by atoms with E-state index in [-0.39, 0.29) is 17.1 Å². The zero-order valence-electron chi connectivity index (χ0n) is 19.4. The highest BCUT2D eigenvalue weighted by molar-refractivity contribution is 7.99. The Hall–Kier alpha value is -2.01. The summed E-state index contributed by atoms with van der Waals surface area (Å²) >= 11 is 1.93. The molecule has 1 atom stereocenters. The van der Waals surface area contributed by atoms with E-state index in [9.17, 15) is 4.79 Å². The summed E-state index contributed by atoms with van der Waals surface area (Å²) in [5.41, 5.74) is 16.1. The van der Waals surface area contributed by atoms with Crippen molar-refractivity contribution in [3.63, 3.8) is 0 Å². The van der Waals surface area contributed by atoms with Crippen LogP contribution >= 0.6 is 11.8 Å². The SMILES string of the molecule is CC(C(=O)CCc1ccc(C(C)(C)C)nc1SC1CCCCC1)c1ccc(N)c(N)c1. The number of aromatic nitrogens is 1. The number of ketones is 1. The van der Waals surface area contributed by atoms with Gasteiger partial charge in [0.1, 0.15) is 5.78 Å². The van der Waals surface area contributed by atoms with Crippen LogP contribution in [0.25, 0.3) is 0 Å². The van der Waals surface area contributed by atoms with Gasteiger partial charge in [-0.25, -0.2) is 4.98 Å². The van der Waals surface area contributed by atoms with Gasteiger partial charge in [-0.2, -0.15) is 0 Å². The number of hydrogen-bond acceptors (Lipinski definition) is 5. The Labute approximate surface area is 191 Å². The van der Waals surface area contributed by atoms with Gasteiger partial charge in [0.15, 0.2) is 0 Å². The van der Waals surface area contributed by atoms with Crippen LogP contribution in [-0.4, -0.2) is 16.0 Å². The van der Waals surface area contributed by atoms with E-state index in [0.29, 0.717) is 23.0 Å². The average molecular weight is 440 g/mol. The first-order valence-electron chi connectivity index (χ1n) is 11.5. The smallest absolute Gasteiger partial charge is 0.140 e. The summed E-state index contributed by atoms with van der Waals surface area (Å²) < 4.78 is 0. The van der Waals surface area contributed by atoms with E-state index >= 15 is 0 Å². The Morgan fingerprint density at radius 3 is 2.45 bits per heavy atom. The second kappa shape index (κ2) is 10.1. The van der Waals surface area contributed by atoms with E-state index in [4.69, 9.17) is 16.5 Å². The molecule has 4 nitrogen and oxygen atoms in total. The van der Waals surface area contributed by atoms with Gasteiger partial charge in [0, 0.05) is 28.7 Å². The molecule has 0 saturated heterocycles. The number of hydrogen-bond donors (Lipinski definition) is 2. The summed E-state index contributed by atoms with van der Waals surface area (Å²) in [7, 11) is 0. The lowest BCUT2D eigenvalue weighted by Crippen LogP contribution is -2.16. The van der Waals surface area contributed by atoms with Gasteiger partial charge in [0.2, 0.25) is 0 Å². The minimum atomic E-state index is -0.195. The highest BCUT2D eigenvalue weighted by Crippen LogP contribution is 2.36. The van der Waals surface area contributed by atoms with Crippen LogP contribution in [0.1, 0.15) is 89.0 Å². The molecule has 1 unspecified atom stereocenters. The fourth-order valence-corrected chi connectivity index (χ4v) is 5.40. The minimum absolute atomic E-state index is 0.0137. The number of nitrogen functional groups attached to an aromatic ring is 2. The van der Waals surface area contributed by atoms with Gasteiger partial charge in [-0.1, -0.05) is 59.1 Å². The van der Waals surface area contributed by atoms with Crippen LogP contribution in [0.5, 0.6) is 0 Å². The lowest BCUT2D eigenvalue weighted by atomic mass is 9.90. The first-order valence-corrected chi connectivity index (χ1v) is 12.4. The van der Waals surface area contributed by atoms with Crippen LogP contribution in [0.15, 0.2) is 35.4 Å². The fraction of sp³-hybridized carbons (Fsp3) is 0.538. The summed E-state index contributed by atoms with van der Waals surface area (Å²) in [6.45, 7) is 8.56. The second-order valence-corrected chi connectivity index (χ2v) is 11.2. The number of pyridine rings is 1. The number of thioether (sulfide) groups is 1. The monoisotopic (exact) mass is 439 g/mol. The molecule has 4 N–H and O–H groups in total.